The Labute approximate surface area is 549 Å². The number of ether oxygens (including phenoxy) is 8. The fourth-order valence-corrected chi connectivity index (χ4v) is 19.9. The third kappa shape index (κ3) is 17.6. The maximum Gasteiger partial charge on any atom is 0.114 e. The van der Waals surface area contributed by atoms with E-state index in [2.05, 4.69) is 116 Å². The summed E-state index contributed by atoms with van der Waals surface area (Å²) in [7, 11) is 0. The molecule has 0 saturated carbocycles. The number of fused-ring (bicyclic) bond motifs is 1. The fourth-order valence-electron chi connectivity index (χ4n) is 9.88. The van der Waals surface area contributed by atoms with Crippen LogP contribution in [-0.2, 0) is 63.6 Å². The number of thiophene rings is 8. The van der Waals surface area contributed by atoms with Crippen molar-refractivity contribution in [2.45, 2.75) is 67.2 Å². The summed E-state index contributed by atoms with van der Waals surface area (Å²) in [6.07, 6.45) is 11.7. The molecular formula is C68H76N2O8S9. The third-order valence-corrected chi connectivity index (χ3v) is 24.7. The molecule has 10 rings (SSSR count). The number of aryl methyl sites for hydroxylation is 1. The van der Waals surface area contributed by atoms with Gasteiger partial charge in [-0.2, -0.15) is 8.75 Å². The van der Waals surface area contributed by atoms with E-state index >= 15 is 0 Å². The van der Waals surface area contributed by atoms with Crippen LogP contribution in [0.2, 0.25) is 0 Å². The van der Waals surface area contributed by atoms with Crippen LogP contribution >= 0.6 is 102 Å². The molecule has 0 radical (unpaired) electrons. The van der Waals surface area contributed by atoms with Gasteiger partial charge in [0.2, 0.25) is 0 Å². The second-order valence-corrected chi connectivity index (χ2v) is 29.4. The standard InChI is InChI=1S/C68H76N2O8S9/c1-7-12-13-14-50-42-47(26-30-76-38-34-72-9-3)66(80-50)58-22-18-54(82-58)56-20-24-60(84-56)68-49(28-32-78-40-36-74-11-5)44-62(86-68)52-16-15-51(63-64(52)70-87-69-63)61-43-48(27-31-77-39-35-73-10-4)67(85-61)59-23-19-55(83-59)53-17-21-57(81-53)65-46(41-45(6)79-65)25-29-75-37-33-71-8-2/h7,12-24,41-44H,8-11,25-40H2,1-6H3/b12-7+,14-13+. The number of allylic oxidation sites excluding steroid dienone is 3. The van der Waals surface area contributed by atoms with Crippen molar-refractivity contribution in [2.75, 3.05) is 106 Å². The van der Waals surface area contributed by atoms with E-state index in [1.165, 1.54) is 112 Å². The Morgan fingerprint density at radius 2 is 0.690 bits per heavy atom. The SMILES string of the molecule is C/C=C/C=C/c1cc(CCOCCOCC)c(-c2ccc(-c3ccc(-c4sc(-c5ccc(-c6cc(CCOCCOCC)c(-c7ccc(-c8ccc(-c9sc(C)cc9CCOCCOCC)s8)s7)s6)c6nsnc56)cc4CCOCCOCC)s3)s2)s1. The molecule has 9 aromatic heterocycles. The van der Waals surface area contributed by atoms with Gasteiger partial charge in [0.15, 0.2) is 0 Å². The van der Waals surface area contributed by atoms with Crippen molar-refractivity contribution in [2.24, 2.45) is 0 Å². The molecule has 87 heavy (non-hydrogen) atoms. The summed E-state index contributed by atoms with van der Waals surface area (Å²) < 4.78 is 56.5. The van der Waals surface area contributed by atoms with Crippen LogP contribution in [0.15, 0.2) is 103 Å². The van der Waals surface area contributed by atoms with Gasteiger partial charge >= 0.3 is 0 Å². The highest BCUT2D eigenvalue weighted by molar-refractivity contribution is 7.30. The molecule has 1 aromatic carbocycles. The number of aromatic nitrogens is 2. The van der Waals surface area contributed by atoms with Crippen LogP contribution in [0, 0.1) is 6.92 Å². The molecule has 10 nitrogen and oxygen atoms in total. The lowest BCUT2D eigenvalue weighted by Gasteiger charge is -2.05. The molecule has 0 aliphatic rings. The van der Waals surface area contributed by atoms with Crippen LogP contribution in [0.1, 0.15) is 66.6 Å². The Kier molecular flexibility index (Phi) is 25.9. The highest BCUT2D eigenvalue weighted by Crippen LogP contribution is 2.50. The zero-order valence-corrected chi connectivity index (χ0v) is 57.7. The first-order valence-corrected chi connectivity index (χ1v) is 37.2. The van der Waals surface area contributed by atoms with Crippen LogP contribution in [0.4, 0.5) is 0 Å². The Morgan fingerprint density at radius 3 is 1.08 bits per heavy atom. The number of nitrogens with zero attached hydrogens (tertiary/aromatic N) is 2. The van der Waals surface area contributed by atoms with Crippen LogP contribution in [0.25, 0.3) is 96.5 Å². The Balaban J connectivity index is 0.915. The van der Waals surface area contributed by atoms with Gasteiger partial charge in [-0.3, -0.25) is 0 Å². The van der Waals surface area contributed by atoms with Crippen molar-refractivity contribution < 1.29 is 37.9 Å². The second kappa shape index (κ2) is 34.3. The predicted molar refractivity (Wildman–Crippen MR) is 377 cm³/mol. The molecule has 0 unspecified atom stereocenters. The summed E-state index contributed by atoms with van der Waals surface area (Å²) in [5.74, 6) is 0. The van der Waals surface area contributed by atoms with E-state index in [1.54, 1.807) is 0 Å². The minimum atomic E-state index is 0.567. The van der Waals surface area contributed by atoms with Gasteiger partial charge in [0.25, 0.3) is 0 Å². The molecule has 0 amide bonds. The van der Waals surface area contributed by atoms with Gasteiger partial charge in [-0.1, -0.05) is 30.4 Å². The van der Waals surface area contributed by atoms with Crippen molar-refractivity contribution in [3.05, 3.63) is 135 Å². The van der Waals surface area contributed by atoms with E-state index in [1.807, 2.05) is 125 Å². The molecule has 19 heteroatoms. The quantitative estimate of drug-likeness (QED) is 0.0275. The number of benzene rings is 1. The molecule has 0 saturated heterocycles. The molecule has 0 aliphatic carbocycles. The molecule has 0 N–H and O–H groups in total. The second-order valence-electron chi connectivity index (χ2n) is 20.0. The van der Waals surface area contributed by atoms with Crippen LogP contribution in [0.3, 0.4) is 0 Å². The first kappa shape index (κ1) is 65.7. The smallest absolute Gasteiger partial charge is 0.114 e. The lowest BCUT2D eigenvalue weighted by atomic mass is 10.0. The maximum absolute atomic E-state index is 6.16. The molecule has 0 spiro atoms. The molecule has 9 heterocycles. The van der Waals surface area contributed by atoms with E-state index in [0.717, 1.165) is 47.8 Å². The van der Waals surface area contributed by atoms with E-state index < -0.39 is 0 Å². The largest absolute Gasteiger partial charge is 0.379 e. The zero-order chi connectivity index (χ0) is 60.2. The van der Waals surface area contributed by atoms with Gasteiger partial charge in [0.1, 0.15) is 11.0 Å². The van der Waals surface area contributed by atoms with Crippen molar-refractivity contribution in [1.82, 2.24) is 8.75 Å². The lowest BCUT2D eigenvalue weighted by molar-refractivity contribution is 0.0541. The summed E-state index contributed by atoms with van der Waals surface area (Å²) >= 11 is 16.1. The van der Waals surface area contributed by atoms with Gasteiger partial charge in [-0.05, 0) is 168 Å². The summed E-state index contributed by atoms with van der Waals surface area (Å²) in [4.78, 5) is 20.2. The molecule has 460 valence electrons. The summed E-state index contributed by atoms with van der Waals surface area (Å²) in [5.41, 5.74) is 9.24. The predicted octanol–water partition coefficient (Wildman–Crippen LogP) is 19.8. The average Bonchev–Trinajstić information content (AvgIpc) is 4.38. The summed E-state index contributed by atoms with van der Waals surface area (Å²) in [6, 6.07) is 32.2. The van der Waals surface area contributed by atoms with E-state index in [4.69, 9.17) is 46.6 Å². The summed E-state index contributed by atoms with van der Waals surface area (Å²) in [5, 5.41) is 0. The molecule has 0 aliphatic heterocycles. The molecule has 0 fully saturated rings. The Morgan fingerprint density at radius 1 is 0.345 bits per heavy atom. The van der Waals surface area contributed by atoms with Gasteiger partial charge in [0.05, 0.1) is 91.0 Å². The number of hydrogen-bond acceptors (Lipinski definition) is 19. The van der Waals surface area contributed by atoms with Gasteiger partial charge in [-0.25, -0.2) is 0 Å². The highest BCUT2D eigenvalue weighted by atomic mass is 32.1. The minimum absolute atomic E-state index is 0.567. The van der Waals surface area contributed by atoms with Crippen LogP contribution in [0.5, 0.6) is 0 Å². The van der Waals surface area contributed by atoms with Gasteiger partial charge in [-0.15, -0.1) is 90.7 Å². The maximum atomic E-state index is 6.16. The first-order chi connectivity index (χ1) is 42.9. The summed E-state index contributed by atoms with van der Waals surface area (Å²) in [6.45, 7) is 22.4. The molecule has 0 atom stereocenters. The number of rotatable bonds is 38. The normalized spacial score (nSPS) is 12.1. The van der Waals surface area contributed by atoms with Crippen molar-refractivity contribution in [1.29, 1.82) is 0 Å². The third-order valence-electron chi connectivity index (χ3n) is 14.1. The fraction of sp³-hybridized carbons (Fsp3) is 0.382. The Hall–Kier alpha value is -4.20. The minimum Gasteiger partial charge on any atom is -0.379 e. The monoisotopic (exact) mass is 1340 g/mol. The highest BCUT2D eigenvalue weighted by Gasteiger charge is 2.24. The molecule has 0 bridgehead atoms. The molecular weight excluding hydrogens is 1260 g/mol. The van der Waals surface area contributed by atoms with Crippen molar-refractivity contribution in [3.63, 3.8) is 0 Å². The number of hydrogen-bond donors (Lipinski definition) is 0. The van der Waals surface area contributed by atoms with E-state index in [-0.39, 0.29) is 0 Å². The first-order valence-electron chi connectivity index (χ1n) is 29.9. The van der Waals surface area contributed by atoms with Crippen molar-refractivity contribution in [3.8, 4) is 79.4 Å². The van der Waals surface area contributed by atoms with Gasteiger partial charge < -0.3 is 37.9 Å². The van der Waals surface area contributed by atoms with E-state index in [9.17, 15) is 0 Å². The van der Waals surface area contributed by atoms with Crippen LogP contribution < -0.4 is 0 Å². The topological polar surface area (TPSA) is 99.6 Å². The zero-order valence-electron chi connectivity index (χ0n) is 50.4. The molecule has 10 aromatic rings. The van der Waals surface area contributed by atoms with Crippen LogP contribution in [-0.4, -0.2) is 114 Å². The van der Waals surface area contributed by atoms with Gasteiger partial charge in [0, 0.05) is 116 Å². The average molecular weight is 1340 g/mol. The Bertz CT molecular complexity index is 3770. The van der Waals surface area contributed by atoms with E-state index in [0.29, 0.717) is 106 Å². The van der Waals surface area contributed by atoms with Crippen molar-refractivity contribution >= 4 is 120 Å². The lowest BCUT2D eigenvalue weighted by Crippen LogP contribution is -2.06.